The first-order valence-corrected chi connectivity index (χ1v) is 18.6. The van der Waals surface area contributed by atoms with Crippen LogP contribution in [0.3, 0.4) is 0 Å². The lowest BCUT2D eigenvalue weighted by Crippen LogP contribution is -2.45. The predicted octanol–water partition coefficient (Wildman–Crippen LogP) is 3.33. The van der Waals surface area contributed by atoms with Crippen molar-refractivity contribution < 1.29 is 53.6 Å². The Bertz CT molecular complexity index is 2920. The van der Waals surface area contributed by atoms with Crippen LogP contribution in [0, 0.1) is 0 Å². The number of hydrogen-bond donors (Lipinski definition) is 10. The fourth-order valence-electron chi connectivity index (χ4n) is 6.19. The average molecular weight is 871 g/mol. The Morgan fingerprint density at radius 1 is 0.625 bits per heavy atom. The number of hydrogen-bond acceptors (Lipinski definition) is 15. The molecule has 3 heterocycles. The normalized spacial score (nSPS) is 11.2. The van der Waals surface area contributed by atoms with E-state index < -0.39 is 58.6 Å². The number of anilines is 4. The average Bonchev–Trinajstić information content (AvgIpc) is 3.99. The second-order valence-electron chi connectivity index (χ2n) is 13.5. The zero-order valence-corrected chi connectivity index (χ0v) is 33.3. The molecule has 0 fully saturated rings. The summed E-state index contributed by atoms with van der Waals surface area (Å²) in [6, 6.07) is 17.1. The number of phenolic OH excluding ortho intramolecular Hbond substituents is 1. The van der Waals surface area contributed by atoms with E-state index in [0.717, 1.165) is 13.2 Å². The molecule has 0 aliphatic carbocycles. The zero-order valence-electron chi connectivity index (χ0n) is 33.3. The third kappa shape index (κ3) is 9.31. The van der Waals surface area contributed by atoms with Gasteiger partial charge in [0.25, 0.3) is 23.6 Å². The molecular formula is C41H34N12O11. The summed E-state index contributed by atoms with van der Waals surface area (Å²) in [5, 5.41) is 64.2. The standard InChI is InChI=1S/C41H34N12O11/c1-63-34-28(13-9-24(32(34)54)38(58)46-27-14-10-25(41(61)62)33(55)35(27)64-2)47-39(59)29-12-8-22(17-42-29)45-40(60)31(16-23-18-43-52-49-23)48-36(56)19-3-6-21(7-4-19)44-37(57)20-5-11-26-30(15-20)51-53-50-26/h3-15,17-18,31,54-55H,16H2,1-2H3,(H,44,57)(H,45,60)(H,46,58)(H,47,59)(H,48,56)(H,61,62)(H,43,49,52)(H,50,51,53). The van der Waals surface area contributed by atoms with E-state index in [4.69, 9.17) is 9.47 Å². The summed E-state index contributed by atoms with van der Waals surface area (Å²) >= 11 is 0. The van der Waals surface area contributed by atoms with Gasteiger partial charge in [-0.15, -0.1) is 0 Å². The molecule has 1 atom stereocenters. The van der Waals surface area contributed by atoms with Gasteiger partial charge in [0, 0.05) is 23.2 Å². The molecule has 0 saturated heterocycles. The van der Waals surface area contributed by atoms with Crippen molar-refractivity contribution in [2.24, 2.45) is 0 Å². The predicted molar refractivity (Wildman–Crippen MR) is 225 cm³/mol. The molecule has 324 valence electrons. The Morgan fingerprint density at radius 2 is 1.27 bits per heavy atom. The van der Waals surface area contributed by atoms with Crippen molar-refractivity contribution in [3.05, 3.63) is 125 Å². The topological polar surface area (TPSA) is 338 Å². The van der Waals surface area contributed by atoms with Crippen molar-refractivity contribution in [1.29, 1.82) is 0 Å². The van der Waals surface area contributed by atoms with Crippen LogP contribution in [0.1, 0.15) is 57.6 Å². The number of H-pyrrole nitrogens is 2. The number of phenols is 2. The van der Waals surface area contributed by atoms with Crippen LogP contribution in [0.5, 0.6) is 23.0 Å². The molecule has 1 unspecified atom stereocenters. The maximum Gasteiger partial charge on any atom is 0.339 e. The van der Waals surface area contributed by atoms with Crippen molar-refractivity contribution in [3.8, 4) is 23.0 Å². The number of ether oxygens (including phenoxy) is 2. The number of aromatic amines is 2. The number of nitrogens with zero attached hydrogens (tertiary/aromatic N) is 5. The second-order valence-corrected chi connectivity index (χ2v) is 13.5. The molecule has 0 radical (unpaired) electrons. The summed E-state index contributed by atoms with van der Waals surface area (Å²) in [6.07, 6.45) is 2.54. The number of carbonyl (C=O) groups is 6. The maximum atomic E-state index is 13.6. The Kier molecular flexibility index (Phi) is 12.3. The summed E-state index contributed by atoms with van der Waals surface area (Å²) in [5.41, 5.74) is 1.56. The molecule has 7 rings (SSSR count). The minimum atomic E-state index is -1.43. The molecule has 0 aliphatic rings. The van der Waals surface area contributed by atoms with Gasteiger partial charge < -0.3 is 51.4 Å². The van der Waals surface area contributed by atoms with Crippen molar-refractivity contribution in [1.82, 2.24) is 41.1 Å². The quantitative estimate of drug-likeness (QED) is 0.0706. The summed E-state index contributed by atoms with van der Waals surface area (Å²) in [4.78, 5) is 81.6. The van der Waals surface area contributed by atoms with Crippen molar-refractivity contribution in [2.45, 2.75) is 12.5 Å². The number of rotatable bonds is 15. The van der Waals surface area contributed by atoms with Gasteiger partial charge in [-0.1, -0.05) is 0 Å². The van der Waals surface area contributed by atoms with E-state index in [-0.39, 0.29) is 51.8 Å². The highest BCUT2D eigenvalue weighted by Gasteiger charge is 2.26. The number of fused-ring (bicyclic) bond motifs is 1. The molecule has 0 spiro atoms. The number of aromatic carboxylic acids is 1. The number of nitrogens with one attached hydrogen (secondary N) is 7. The lowest BCUT2D eigenvalue weighted by Gasteiger charge is -2.18. The third-order valence-electron chi connectivity index (χ3n) is 9.39. The van der Waals surface area contributed by atoms with E-state index in [1.165, 1.54) is 74.1 Å². The highest BCUT2D eigenvalue weighted by molar-refractivity contribution is 6.10. The van der Waals surface area contributed by atoms with Crippen LogP contribution in [0.2, 0.25) is 0 Å². The number of pyridine rings is 1. The highest BCUT2D eigenvalue weighted by atomic mass is 16.5. The number of amides is 5. The van der Waals surface area contributed by atoms with E-state index in [1.807, 2.05) is 0 Å². The van der Waals surface area contributed by atoms with Gasteiger partial charge in [0.15, 0.2) is 23.0 Å². The van der Waals surface area contributed by atoms with E-state index in [1.54, 1.807) is 18.2 Å². The Hall–Kier alpha value is -9.41. The summed E-state index contributed by atoms with van der Waals surface area (Å²) in [6.45, 7) is 0. The highest BCUT2D eigenvalue weighted by Crippen LogP contribution is 2.40. The van der Waals surface area contributed by atoms with Crippen molar-refractivity contribution in [2.75, 3.05) is 35.5 Å². The third-order valence-corrected chi connectivity index (χ3v) is 9.39. The molecule has 0 aliphatic heterocycles. The number of carbonyl (C=O) groups excluding carboxylic acids is 5. The minimum Gasteiger partial charge on any atom is -0.504 e. The number of benzene rings is 4. The Balaban J connectivity index is 0.981. The fourth-order valence-corrected chi connectivity index (χ4v) is 6.19. The van der Waals surface area contributed by atoms with Crippen LogP contribution in [0.15, 0.2) is 91.3 Å². The molecule has 5 amide bonds. The summed E-state index contributed by atoms with van der Waals surface area (Å²) in [5.74, 6) is -6.76. The molecule has 0 saturated carbocycles. The summed E-state index contributed by atoms with van der Waals surface area (Å²) < 4.78 is 10.4. The number of carboxylic acid groups (broad SMARTS) is 1. The number of carboxylic acids is 1. The number of aromatic hydroxyl groups is 2. The van der Waals surface area contributed by atoms with Gasteiger partial charge in [-0.05, 0) is 78.9 Å². The monoisotopic (exact) mass is 870 g/mol. The molecule has 4 aromatic carbocycles. The van der Waals surface area contributed by atoms with E-state index in [2.05, 4.69) is 62.4 Å². The van der Waals surface area contributed by atoms with E-state index in [0.29, 0.717) is 28.0 Å². The molecule has 7 aromatic rings. The van der Waals surface area contributed by atoms with Crippen LogP contribution in [-0.2, 0) is 11.2 Å². The minimum absolute atomic E-state index is 0.0473. The largest absolute Gasteiger partial charge is 0.504 e. The van der Waals surface area contributed by atoms with Crippen molar-refractivity contribution in [3.63, 3.8) is 0 Å². The molecule has 3 aromatic heterocycles. The smallest absolute Gasteiger partial charge is 0.339 e. The van der Waals surface area contributed by atoms with E-state index >= 15 is 0 Å². The summed E-state index contributed by atoms with van der Waals surface area (Å²) in [7, 11) is 2.35. The van der Waals surface area contributed by atoms with Crippen LogP contribution in [0.4, 0.5) is 22.7 Å². The molecule has 10 N–H and O–H groups in total. The van der Waals surface area contributed by atoms with Gasteiger partial charge in [0.2, 0.25) is 5.91 Å². The van der Waals surface area contributed by atoms with Crippen LogP contribution < -0.4 is 36.1 Å². The second kappa shape index (κ2) is 18.5. The van der Waals surface area contributed by atoms with E-state index in [9.17, 15) is 44.1 Å². The molecule has 23 heteroatoms. The molecule has 23 nitrogen and oxygen atoms in total. The van der Waals surface area contributed by atoms with Gasteiger partial charge in [0.05, 0.1) is 54.9 Å². The number of aromatic nitrogens is 7. The van der Waals surface area contributed by atoms with Gasteiger partial charge in [-0.25, -0.2) is 9.78 Å². The lowest BCUT2D eigenvalue weighted by atomic mass is 10.1. The zero-order chi connectivity index (χ0) is 45.5. The van der Waals surface area contributed by atoms with Gasteiger partial charge >= 0.3 is 5.97 Å². The molecule has 0 bridgehead atoms. The van der Waals surface area contributed by atoms with Crippen LogP contribution >= 0.6 is 0 Å². The first-order valence-electron chi connectivity index (χ1n) is 18.6. The van der Waals surface area contributed by atoms with Gasteiger partial charge in [-0.3, -0.25) is 24.0 Å². The number of methoxy groups -OCH3 is 2. The molecular weight excluding hydrogens is 837 g/mol. The molecule has 64 heavy (non-hydrogen) atoms. The first-order chi connectivity index (χ1) is 30.8. The van der Waals surface area contributed by atoms with Gasteiger partial charge in [0.1, 0.15) is 28.3 Å². The van der Waals surface area contributed by atoms with Gasteiger partial charge in [-0.2, -0.15) is 30.8 Å². The van der Waals surface area contributed by atoms with Crippen LogP contribution in [-0.4, -0.2) is 107 Å². The Morgan fingerprint density at radius 3 is 1.91 bits per heavy atom. The first kappa shape index (κ1) is 42.7. The maximum absolute atomic E-state index is 13.6. The SMILES string of the molecule is COc1c(NC(=O)c2ccc(NC(=O)c3ccc(NC(=O)C(Cc4cn[nH]n4)NC(=O)c4ccc(NC(=O)c5ccc6n[nH]nc6c5)cc4)cn3)c(OC)c2O)ccc(C(=O)O)c1O. The van der Waals surface area contributed by atoms with Crippen molar-refractivity contribution >= 4 is 69.3 Å². The van der Waals surface area contributed by atoms with Crippen LogP contribution in [0.25, 0.3) is 11.0 Å². The Labute approximate surface area is 359 Å². The lowest BCUT2D eigenvalue weighted by molar-refractivity contribution is -0.118. The fraction of sp³-hybridized carbons (Fsp3) is 0.0976.